The average molecular weight is 381 g/mol. The van der Waals surface area contributed by atoms with Crippen LogP contribution in [0.3, 0.4) is 0 Å². The summed E-state index contributed by atoms with van der Waals surface area (Å²) in [6.07, 6.45) is 5.52. The predicted molar refractivity (Wildman–Crippen MR) is 99.4 cm³/mol. The normalized spacial score (nSPS) is 27.8. The molecule has 1 amide bonds. The summed E-state index contributed by atoms with van der Waals surface area (Å²) < 4.78 is 27.2. The van der Waals surface area contributed by atoms with Gasteiger partial charge in [-0.25, -0.2) is 8.42 Å². The maximum atomic E-state index is 12.8. The zero-order chi connectivity index (χ0) is 18.7. The molecule has 2 fully saturated rings. The fourth-order valence-corrected chi connectivity index (χ4v) is 5.53. The second-order valence-corrected chi connectivity index (χ2v) is 9.35. The van der Waals surface area contributed by atoms with Crippen LogP contribution in [0.15, 0.2) is 29.2 Å². The first-order valence-corrected chi connectivity index (χ1v) is 10.9. The fourth-order valence-electron chi connectivity index (χ4n) is 3.83. The molecular weight excluding hydrogens is 352 g/mol. The van der Waals surface area contributed by atoms with Crippen molar-refractivity contribution in [1.29, 1.82) is 0 Å². The SMILES string of the molecule is CC1CCCCN1S(=O)(=O)c1ccc(C(=O)NC2CCC(O)CC2)cc1. The number of amides is 1. The minimum absolute atomic E-state index is 0.0124. The Morgan fingerprint density at radius 2 is 1.73 bits per heavy atom. The van der Waals surface area contributed by atoms with Crippen LogP contribution in [0.1, 0.15) is 62.2 Å². The van der Waals surface area contributed by atoms with Crippen LogP contribution in [-0.4, -0.2) is 48.5 Å². The number of nitrogens with one attached hydrogen (secondary N) is 1. The predicted octanol–water partition coefficient (Wildman–Crippen LogP) is 2.28. The first kappa shape index (κ1) is 19.3. The van der Waals surface area contributed by atoms with Crippen LogP contribution in [0.4, 0.5) is 0 Å². The molecule has 7 heteroatoms. The van der Waals surface area contributed by atoms with E-state index in [2.05, 4.69) is 5.32 Å². The lowest BCUT2D eigenvalue weighted by Crippen LogP contribution is -2.42. The molecule has 0 radical (unpaired) electrons. The molecule has 1 aromatic rings. The molecule has 1 heterocycles. The number of sulfonamides is 1. The van der Waals surface area contributed by atoms with E-state index in [1.54, 1.807) is 16.4 Å². The van der Waals surface area contributed by atoms with E-state index in [1.165, 1.54) is 12.1 Å². The van der Waals surface area contributed by atoms with E-state index < -0.39 is 10.0 Å². The largest absolute Gasteiger partial charge is 0.393 e. The van der Waals surface area contributed by atoms with Gasteiger partial charge in [-0.2, -0.15) is 4.31 Å². The quantitative estimate of drug-likeness (QED) is 0.839. The number of rotatable bonds is 4. The van der Waals surface area contributed by atoms with Gasteiger partial charge in [0.05, 0.1) is 11.0 Å². The highest BCUT2D eigenvalue weighted by molar-refractivity contribution is 7.89. The Morgan fingerprint density at radius 3 is 2.35 bits per heavy atom. The lowest BCUT2D eigenvalue weighted by Gasteiger charge is -2.32. The lowest BCUT2D eigenvalue weighted by atomic mass is 9.93. The summed E-state index contributed by atoms with van der Waals surface area (Å²) >= 11 is 0. The highest BCUT2D eigenvalue weighted by atomic mass is 32.2. The molecule has 2 aliphatic rings. The molecule has 1 atom stereocenters. The summed E-state index contributed by atoms with van der Waals surface area (Å²) in [6, 6.07) is 6.29. The van der Waals surface area contributed by atoms with Crippen LogP contribution in [0.2, 0.25) is 0 Å². The minimum atomic E-state index is -3.51. The van der Waals surface area contributed by atoms with E-state index in [9.17, 15) is 18.3 Å². The Labute approximate surface area is 155 Å². The third-order valence-corrected chi connectivity index (χ3v) is 7.52. The van der Waals surface area contributed by atoms with Crippen molar-refractivity contribution in [2.75, 3.05) is 6.54 Å². The van der Waals surface area contributed by atoms with Gasteiger partial charge in [-0.15, -0.1) is 0 Å². The zero-order valence-corrected chi connectivity index (χ0v) is 16.0. The van der Waals surface area contributed by atoms with E-state index in [0.29, 0.717) is 24.9 Å². The summed E-state index contributed by atoms with van der Waals surface area (Å²) in [5.41, 5.74) is 0.460. The molecule has 0 spiro atoms. The van der Waals surface area contributed by atoms with Crippen LogP contribution < -0.4 is 5.32 Å². The molecule has 1 saturated heterocycles. The summed E-state index contributed by atoms with van der Waals surface area (Å²) in [5.74, 6) is -0.193. The van der Waals surface area contributed by atoms with Crippen molar-refractivity contribution < 1.29 is 18.3 Å². The van der Waals surface area contributed by atoms with E-state index in [4.69, 9.17) is 0 Å². The number of nitrogens with zero attached hydrogens (tertiary/aromatic N) is 1. The second-order valence-electron chi connectivity index (χ2n) is 7.46. The molecule has 1 aliphatic heterocycles. The van der Waals surface area contributed by atoms with Crippen molar-refractivity contribution >= 4 is 15.9 Å². The van der Waals surface area contributed by atoms with Crippen LogP contribution in [0.25, 0.3) is 0 Å². The van der Waals surface area contributed by atoms with Crippen molar-refractivity contribution in [2.45, 2.75) is 75.0 Å². The maximum absolute atomic E-state index is 12.8. The molecular formula is C19H28N2O4S. The molecule has 2 N–H and O–H groups in total. The first-order valence-electron chi connectivity index (χ1n) is 9.49. The third-order valence-electron chi connectivity index (χ3n) is 5.50. The molecule has 1 saturated carbocycles. The lowest BCUT2D eigenvalue weighted by molar-refractivity contribution is 0.0867. The Morgan fingerprint density at radius 1 is 1.08 bits per heavy atom. The number of benzene rings is 1. The highest BCUT2D eigenvalue weighted by Gasteiger charge is 2.31. The van der Waals surface area contributed by atoms with Gasteiger partial charge < -0.3 is 10.4 Å². The molecule has 0 bridgehead atoms. The van der Waals surface area contributed by atoms with Crippen molar-refractivity contribution in [3.63, 3.8) is 0 Å². The third kappa shape index (κ3) is 4.27. The number of hydrogen-bond acceptors (Lipinski definition) is 4. The van der Waals surface area contributed by atoms with E-state index >= 15 is 0 Å². The molecule has 6 nitrogen and oxygen atoms in total. The number of aliphatic hydroxyl groups is 1. The van der Waals surface area contributed by atoms with Crippen molar-refractivity contribution in [2.24, 2.45) is 0 Å². The minimum Gasteiger partial charge on any atom is -0.393 e. The van der Waals surface area contributed by atoms with Gasteiger partial charge in [-0.1, -0.05) is 6.42 Å². The van der Waals surface area contributed by atoms with E-state index in [0.717, 1.165) is 32.1 Å². The monoisotopic (exact) mass is 380 g/mol. The van der Waals surface area contributed by atoms with E-state index in [1.807, 2.05) is 6.92 Å². The number of hydrogen-bond donors (Lipinski definition) is 2. The van der Waals surface area contributed by atoms with Crippen LogP contribution in [0.5, 0.6) is 0 Å². The van der Waals surface area contributed by atoms with Gasteiger partial charge in [-0.05, 0) is 69.7 Å². The topological polar surface area (TPSA) is 86.7 Å². The first-order chi connectivity index (χ1) is 12.4. The molecule has 1 aliphatic carbocycles. The molecule has 3 rings (SSSR count). The van der Waals surface area contributed by atoms with Crippen molar-refractivity contribution in [3.05, 3.63) is 29.8 Å². The molecule has 0 aromatic heterocycles. The van der Waals surface area contributed by atoms with Crippen LogP contribution >= 0.6 is 0 Å². The number of carbonyl (C=O) groups is 1. The average Bonchev–Trinajstić information content (AvgIpc) is 2.64. The summed E-state index contributed by atoms with van der Waals surface area (Å²) in [5, 5.41) is 12.5. The second kappa shape index (κ2) is 8.06. The Hall–Kier alpha value is -1.44. The molecule has 1 unspecified atom stereocenters. The van der Waals surface area contributed by atoms with Crippen molar-refractivity contribution in [1.82, 2.24) is 9.62 Å². The van der Waals surface area contributed by atoms with Crippen LogP contribution in [0, 0.1) is 0 Å². The van der Waals surface area contributed by atoms with Crippen molar-refractivity contribution in [3.8, 4) is 0 Å². The van der Waals surface area contributed by atoms with Gasteiger partial charge >= 0.3 is 0 Å². The summed E-state index contributed by atoms with van der Waals surface area (Å²) in [7, 11) is -3.51. The number of aliphatic hydroxyl groups excluding tert-OH is 1. The van der Waals surface area contributed by atoms with Gasteiger partial charge in [0, 0.05) is 24.2 Å². The van der Waals surface area contributed by atoms with E-state index in [-0.39, 0.29) is 29.0 Å². The van der Waals surface area contributed by atoms with Gasteiger partial charge in [0.15, 0.2) is 0 Å². The van der Waals surface area contributed by atoms with Gasteiger partial charge in [-0.3, -0.25) is 4.79 Å². The van der Waals surface area contributed by atoms with Gasteiger partial charge in [0.1, 0.15) is 0 Å². The highest BCUT2D eigenvalue weighted by Crippen LogP contribution is 2.25. The maximum Gasteiger partial charge on any atom is 0.251 e. The summed E-state index contributed by atoms with van der Waals surface area (Å²) in [6.45, 7) is 2.50. The number of carbonyl (C=O) groups excluding carboxylic acids is 1. The zero-order valence-electron chi connectivity index (χ0n) is 15.2. The molecule has 26 heavy (non-hydrogen) atoms. The van der Waals surface area contributed by atoms with Gasteiger partial charge in [0.25, 0.3) is 5.91 Å². The number of piperidine rings is 1. The van der Waals surface area contributed by atoms with Crippen LogP contribution in [-0.2, 0) is 10.0 Å². The van der Waals surface area contributed by atoms with Gasteiger partial charge in [0.2, 0.25) is 10.0 Å². The Balaban J connectivity index is 1.66. The molecule has 144 valence electrons. The Kier molecular flexibility index (Phi) is 5.99. The smallest absolute Gasteiger partial charge is 0.251 e. The standard InChI is InChI=1S/C19H28N2O4S/c1-14-4-2-3-13-21(14)26(24,25)18-11-5-15(6-12-18)19(23)20-16-7-9-17(22)10-8-16/h5-6,11-12,14,16-17,22H,2-4,7-10,13H2,1H3,(H,20,23). The Bertz CT molecular complexity index is 724. The fraction of sp³-hybridized carbons (Fsp3) is 0.632. The summed E-state index contributed by atoms with van der Waals surface area (Å²) in [4.78, 5) is 12.6. The molecule has 1 aromatic carbocycles.